The number of hydrogen-bond acceptors (Lipinski definition) is 2. The smallest absolute Gasteiger partial charge is 0.262 e. The summed E-state index contributed by atoms with van der Waals surface area (Å²) in [7, 11) is 0. The van der Waals surface area contributed by atoms with Crippen molar-refractivity contribution in [1.29, 1.82) is 0 Å². The molecular formula is C12H9F2NO2. The topological polar surface area (TPSA) is 37.4 Å². The van der Waals surface area contributed by atoms with Gasteiger partial charge >= 0.3 is 0 Å². The largest absolute Gasteiger partial charge is 0.269 e. The molecule has 88 valence electrons. The quantitative estimate of drug-likeness (QED) is 0.738. The number of amides is 2. The molecule has 2 amide bonds. The van der Waals surface area contributed by atoms with Crippen molar-refractivity contribution < 1.29 is 18.4 Å². The highest BCUT2D eigenvalue weighted by atomic mass is 19.3. The first-order chi connectivity index (χ1) is 8.08. The number of halogens is 2. The van der Waals surface area contributed by atoms with E-state index in [2.05, 4.69) is 0 Å². The highest BCUT2D eigenvalue weighted by Gasteiger charge is 2.62. The van der Waals surface area contributed by atoms with Crippen molar-refractivity contribution in [2.24, 2.45) is 0 Å². The van der Waals surface area contributed by atoms with Crippen LogP contribution in [0.25, 0.3) is 0 Å². The van der Waals surface area contributed by atoms with Gasteiger partial charge in [0.05, 0.1) is 11.1 Å². The number of nitrogens with zero attached hydrogens (tertiary/aromatic N) is 1. The van der Waals surface area contributed by atoms with Crippen LogP contribution in [0.4, 0.5) is 8.78 Å². The first-order valence-corrected chi connectivity index (χ1v) is 5.34. The molecule has 17 heavy (non-hydrogen) atoms. The maximum Gasteiger partial charge on any atom is 0.262 e. The third-order valence-electron chi connectivity index (χ3n) is 3.41. The molecule has 0 saturated heterocycles. The van der Waals surface area contributed by atoms with Gasteiger partial charge in [-0.2, -0.15) is 0 Å². The average molecular weight is 237 g/mol. The first kappa shape index (κ1) is 10.4. The Morgan fingerprint density at radius 3 is 1.88 bits per heavy atom. The molecule has 0 unspecified atom stereocenters. The van der Waals surface area contributed by atoms with Gasteiger partial charge in [0.15, 0.2) is 0 Å². The zero-order valence-electron chi connectivity index (χ0n) is 8.82. The zero-order valence-corrected chi connectivity index (χ0v) is 8.82. The van der Waals surface area contributed by atoms with Crippen LogP contribution in [0.1, 0.15) is 33.6 Å². The number of carbonyl (C=O) groups excluding carboxylic acids is 2. The van der Waals surface area contributed by atoms with Gasteiger partial charge in [-0.1, -0.05) is 12.1 Å². The van der Waals surface area contributed by atoms with E-state index >= 15 is 0 Å². The standard InChI is InChI=1S/C12H9F2NO2/c13-11(14)12(5-6-12)15-9(16)7-3-1-2-4-8(7)10(15)17/h1-4,11H,5-6H2. The maximum absolute atomic E-state index is 13.0. The van der Waals surface area contributed by atoms with E-state index in [-0.39, 0.29) is 24.0 Å². The van der Waals surface area contributed by atoms with Gasteiger partial charge in [-0.3, -0.25) is 14.5 Å². The minimum atomic E-state index is -2.68. The number of rotatable bonds is 2. The summed E-state index contributed by atoms with van der Waals surface area (Å²) in [5, 5.41) is 0. The number of imide groups is 1. The molecule has 2 aliphatic rings. The second-order valence-corrected chi connectivity index (χ2v) is 4.40. The Morgan fingerprint density at radius 2 is 1.53 bits per heavy atom. The van der Waals surface area contributed by atoms with Gasteiger partial charge in [-0.05, 0) is 25.0 Å². The normalized spacial score (nSPS) is 21.0. The molecule has 1 aromatic carbocycles. The van der Waals surface area contributed by atoms with Crippen LogP contribution in [0, 0.1) is 0 Å². The van der Waals surface area contributed by atoms with Crippen LogP contribution < -0.4 is 0 Å². The van der Waals surface area contributed by atoms with Crippen molar-refractivity contribution in [3.8, 4) is 0 Å². The molecule has 0 radical (unpaired) electrons. The predicted molar refractivity (Wildman–Crippen MR) is 54.9 cm³/mol. The van der Waals surface area contributed by atoms with Crippen molar-refractivity contribution in [1.82, 2.24) is 4.90 Å². The molecule has 0 atom stereocenters. The summed E-state index contributed by atoms with van der Waals surface area (Å²) in [5.41, 5.74) is -1.10. The lowest BCUT2D eigenvalue weighted by Crippen LogP contribution is -2.46. The van der Waals surface area contributed by atoms with Crippen LogP contribution in [0.15, 0.2) is 24.3 Å². The molecule has 1 aromatic rings. The van der Waals surface area contributed by atoms with Crippen molar-refractivity contribution in [3.63, 3.8) is 0 Å². The van der Waals surface area contributed by atoms with Gasteiger partial charge < -0.3 is 0 Å². The van der Waals surface area contributed by atoms with Gasteiger partial charge in [0.2, 0.25) is 0 Å². The number of benzene rings is 1. The van der Waals surface area contributed by atoms with E-state index in [1.807, 2.05) is 0 Å². The zero-order chi connectivity index (χ0) is 12.2. The second kappa shape index (κ2) is 3.12. The molecular weight excluding hydrogens is 228 g/mol. The van der Waals surface area contributed by atoms with Crippen LogP contribution in [0.2, 0.25) is 0 Å². The number of carbonyl (C=O) groups is 2. The summed E-state index contributed by atoms with van der Waals surface area (Å²) in [4.78, 5) is 24.7. The Bertz CT molecular complexity index is 488. The van der Waals surface area contributed by atoms with Crippen molar-refractivity contribution >= 4 is 11.8 Å². The average Bonchev–Trinajstić information content (AvgIpc) is 3.06. The summed E-state index contributed by atoms with van der Waals surface area (Å²) < 4.78 is 25.9. The van der Waals surface area contributed by atoms with Gasteiger partial charge in [-0.15, -0.1) is 0 Å². The minimum absolute atomic E-state index is 0.191. The predicted octanol–water partition coefficient (Wildman–Crippen LogP) is 2.08. The fraction of sp³-hybridized carbons (Fsp3) is 0.333. The van der Waals surface area contributed by atoms with Gasteiger partial charge in [0.1, 0.15) is 5.54 Å². The Balaban J connectivity index is 2.07. The van der Waals surface area contributed by atoms with Gasteiger partial charge in [0.25, 0.3) is 18.2 Å². The molecule has 5 heteroatoms. The molecule has 3 rings (SSSR count). The van der Waals surface area contributed by atoms with E-state index in [4.69, 9.17) is 0 Å². The Morgan fingerprint density at radius 1 is 1.06 bits per heavy atom. The molecule has 1 saturated carbocycles. The van der Waals surface area contributed by atoms with Crippen LogP contribution in [-0.2, 0) is 0 Å². The van der Waals surface area contributed by atoms with Crippen LogP contribution in [0.3, 0.4) is 0 Å². The maximum atomic E-state index is 13.0. The van der Waals surface area contributed by atoms with Gasteiger partial charge in [-0.25, -0.2) is 8.78 Å². The molecule has 1 aliphatic heterocycles. The molecule has 1 heterocycles. The number of fused-ring (bicyclic) bond motifs is 1. The summed E-state index contributed by atoms with van der Waals surface area (Å²) in [6.45, 7) is 0. The fourth-order valence-electron chi connectivity index (χ4n) is 2.26. The number of alkyl halides is 2. The molecule has 0 N–H and O–H groups in total. The molecule has 1 fully saturated rings. The van der Waals surface area contributed by atoms with Gasteiger partial charge in [0, 0.05) is 0 Å². The molecule has 0 bridgehead atoms. The number of hydrogen-bond donors (Lipinski definition) is 0. The Hall–Kier alpha value is -1.78. The summed E-state index contributed by atoms with van der Waals surface area (Å²) >= 11 is 0. The third kappa shape index (κ3) is 1.19. The first-order valence-electron chi connectivity index (χ1n) is 5.34. The SMILES string of the molecule is O=C1c2ccccc2C(=O)N1C1(C(F)F)CC1. The van der Waals surface area contributed by atoms with Crippen LogP contribution in [-0.4, -0.2) is 28.7 Å². The summed E-state index contributed by atoms with van der Waals surface area (Å²) in [6.07, 6.45) is -2.29. The third-order valence-corrected chi connectivity index (χ3v) is 3.41. The molecule has 3 nitrogen and oxygen atoms in total. The van der Waals surface area contributed by atoms with Crippen LogP contribution >= 0.6 is 0 Å². The molecule has 0 spiro atoms. The summed E-state index contributed by atoms with van der Waals surface area (Å²) in [5.74, 6) is -1.19. The molecule has 1 aliphatic carbocycles. The van der Waals surface area contributed by atoms with Crippen molar-refractivity contribution in [2.45, 2.75) is 24.8 Å². The van der Waals surface area contributed by atoms with E-state index in [0.717, 1.165) is 4.90 Å². The molecule has 0 aromatic heterocycles. The van der Waals surface area contributed by atoms with Crippen molar-refractivity contribution in [3.05, 3.63) is 35.4 Å². The van der Waals surface area contributed by atoms with Crippen LogP contribution in [0.5, 0.6) is 0 Å². The summed E-state index contributed by atoms with van der Waals surface area (Å²) in [6, 6.07) is 6.24. The second-order valence-electron chi connectivity index (χ2n) is 4.40. The Labute approximate surface area is 96.0 Å². The van der Waals surface area contributed by atoms with E-state index in [1.165, 1.54) is 12.1 Å². The highest BCUT2D eigenvalue weighted by Crippen LogP contribution is 2.49. The highest BCUT2D eigenvalue weighted by molar-refractivity contribution is 6.22. The van der Waals surface area contributed by atoms with Crippen molar-refractivity contribution in [2.75, 3.05) is 0 Å². The van der Waals surface area contributed by atoms with E-state index in [9.17, 15) is 18.4 Å². The monoisotopic (exact) mass is 237 g/mol. The lowest BCUT2D eigenvalue weighted by molar-refractivity contribution is 0.0136. The Kier molecular flexibility index (Phi) is 1.91. The minimum Gasteiger partial charge on any atom is -0.269 e. The lowest BCUT2D eigenvalue weighted by Gasteiger charge is -2.24. The van der Waals surface area contributed by atoms with E-state index in [0.29, 0.717) is 0 Å². The lowest BCUT2D eigenvalue weighted by atomic mass is 10.1. The van der Waals surface area contributed by atoms with E-state index < -0.39 is 23.8 Å². The fourth-order valence-corrected chi connectivity index (χ4v) is 2.26. The van der Waals surface area contributed by atoms with E-state index in [1.54, 1.807) is 12.1 Å².